The van der Waals surface area contributed by atoms with E-state index >= 15 is 0 Å². The summed E-state index contributed by atoms with van der Waals surface area (Å²) in [5, 5.41) is 0. The highest BCUT2D eigenvalue weighted by Gasteiger charge is 2.16. The van der Waals surface area contributed by atoms with Crippen LogP contribution in [0.1, 0.15) is 19.3 Å². The summed E-state index contributed by atoms with van der Waals surface area (Å²) < 4.78 is 12.2. The summed E-state index contributed by atoms with van der Waals surface area (Å²) in [5.41, 5.74) is 1.83. The number of rotatable bonds is 6. The fourth-order valence-corrected chi connectivity index (χ4v) is 4.81. The first kappa shape index (κ1) is 18.5. The van der Waals surface area contributed by atoms with Gasteiger partial charge in [0.2, 0.25) is 0 Å². The number of hydrogen-bond donors (Lipinski definition) is 0. The lowest BCUT2D eigenvalue weighted by Crippen LogP contribution is -1.81. The molecule has 6 heteroatoms. The molecule has 0 saturated carbocycles. The topological polar surface area (TPSA) is 60.4 Å². The average molecular weight is 431 g/mol. The van der Waals surface area contributed by atoms with E-state index in [1.165, 1.54) is 22.7 Å². The van der Waals surface area contributed by atoms with Crippen LogP contribution in [0.15, 0.2) is 81.6 Å². The van der Waals surface area contributed by atoms with Crippen LogP contribution in [0.4, 0.5) is 0 Å². The second-order valence-corrected chi connectivity index (χ2v) is 8.74. The van der Waals surface area contributed by atoms with Crippen molar-refractivity contribution in [2.24, 2.45) is 0 Å². The lowest BCUT2D eigenvalue weighted by molar-refractivity contribution is 0.111. The maximum atomic E-state index is 11.0. The molecule has 4 nitrogen and oxygen atoms in total. The Morgan fingerprint density at radius 1 is 0.533 bits per heavy atom. The number of thiophene rings is 2. The summed E-state index contributed by atoms with van der Waals surface area (Å²) in [7, 11) is 0. The SMILES string of the molecule is O=Cc1ccc(-c2ccc(-c3ccccc3-c3ccc(-c4ccc(C=O)s4)o3)o2)s1. The highest BCUT2D eigenvalue weighted by Crippen LogP contribution is 2.39. The smallest absolute Gasteiger partial charge is 0.160 e. The van der Waals surface area contributed by atoms with Gasteiger partial charge in [-0.25, -0.2) is 0 Å². The van der Waals surface area contributed by atoms with Gasteiger partial charge >= 0.3 is 0 Å². The van der Waals surface area contributed by atoms with E-state index < -0.39 is 0 Å². The molecule has 0 aliphatic rings. The molecule has 0 aliphatic heterocycles. The summed E-state index contributed by atoms with van der Waals surface area (Å²) in [5.74, 6) is 2.88. The summed E-state index contributed by atoms with van der Waals surface area (Å²) >= 11 is 2.79. The predicted molar refractivity (Wildman–Crippen MR) is 119 cm³/mol. The average Bonchev–Trinajstić information content (AvgIpc) is 3.58. The maximum Gasteiger partial charge on any atom is 0.160 e. The highest BCUT2D eigenvalue weighted by atomic mass is 32.1. The number of carbonyl (C=O) groups excluding carboxylic acids is 2. The molecule has 146 valence electrons. The molecule has 5 aromatic rings. The lowest BCUT2D eigenvalue weighted by atomic mass is 10.0. The minimum Gasteiger partial charge on any atom is -0.455 e. The third kappa shape index (κ3) is 3.36. The summed E-state index contributed by atoms with van der Waals surface area (Å²) in [4.78, 5) is 25.1. The molecule has 4 heterocycles. The second-order valence-electron chi connectivity index (χ2n) is 6.51. The molecule has 0 N–H and O–H groups in total. The fourth-order valence-electron chi connectivity index (χ4n) is 3.24. The zero-order valence-corrected chi connectivity index (χ0v) is 17.2. The Kier molecular flexibility index (Phi) is 4.78. The Labute approximate surface area is 180 Å². The van der Waals surface area contributed by atoms with Crippen LogP contribution in [0.3, 0.4) is 0 Å². The molecule has 0 fully saturated rings. The van der Waals surface area contributed by atoms with Gasteiger partial charge in [-0.3, -0.25) is 9.59 Å². The van der Waals surface area contributed by atoms with Crippen LogP contribution in [-0.2, 0) is 0 Å². The van der Waals surface area contributed by atoms with Gasteiger partial charge in [-0.2, -0.15) is 0 Å². The minimum absolute atomic E-state index is 0.665. The van der Waals surface area contributed by atoms with Crippen LogP contribution in [-0.4, -0.2) is 12.6 Å². The molecule has 0 amide bonds. The molecule has 0 spiro atoms. The van der Waals surface area contributed by atoms with E-state index in [1.54, 1.807) is 12.1 Å². The fraction of sp³-hybridized carbons (Fsp3) is 0. The normalized spacial score (nSPS) is 10.9. The van der Waals surface area contributed by atoms with Crippen LogP contribution in [0.25, 0.3) is 43.9 Å². The van der Waals surface area contributed by atoms with Gasteiger partial charge in [-0.05, 0) is 48.5 Å². The van der Waals surface area contributed by atoms with E-state index in [0.29, 0.717) is 9.75 Å². The Bertz CT molecular complexity index is 1250. The van der Waals surface area contributed by atoms with E-state index in [0.717, 1.165) is 56.5 Å². The van der Waals surface area contributed by atoms with E-state index in [1.807, 2.05) is 60.7 Å². The van der Waals surface area contributed by atoms with Crippen molar-refractivity contribution in [3.05, 3.63) is 82.6 Å². The molecule has 0 unspecified atom stereocenters. The van der Waals surface area contributed by atoms with Gasteiger partial charge < -0.3 is 8.83 Å². The van der Waals surface area contributed by atoms with Crippen LogP contribution in [0.2, 0.25) is 0 Å². The Morgan fingerprint density at radius 2 is 0.967 bits per heavy atom. The molecular weight excluding hydrogens is 416 g/mol. The molecular formula is C24H14O4S2. The zero-order chi connectivity index (χ0) is 20.5. The van der Waals surface area contributed by atoms with Gasteiger partial charge in [-0.15, -0.1) is 22.7 Å². The molecule has 0 saturated heterocycles. The van der Waals surface area contributed by atoms with Crippen LogP contribution >= 0.6 is 22.7 Å². The van der Waals surface area contributed by atoms with Gasteiger partial charge in [0.1, 0.15) is 23.0 Å². The quantitative estimate of drug-likeness (QED) is 0.265. The molecule has 4 aromatic heterocycles. The highest BCUT2D eigenvalue weighted by molar-refractivity contribution is 7.17. The van der Waals surface area contributed by atoms with Crippen LogP contribution in [0, 0.1) is 0 Å². The second kappa shape index (κ2) is 7.74. The molecule has 0 aliphatic carbocycles. The third-order valence-electron chi connectivity index (χ3n) is 4.64. The van der Waals surface area contributed by atoms with Crippen molar-refractivity contribution in [2.75, 3.05) is 0 Å². The van der Waals surface area contributed by atoms with Gasteiger partial charge in [0, 0.05) is 11.1 Å². The van der Waals surface area contributed by atoms with Gasteiger partial charge in [0.15, 0.2) is 12.6 Å². The third-order valence-corrected chi connectivity index (χ3v) is 6.69. The van der Waals surface area contributed by atoms with Crippen molar-refractivity contribution < 1.29 is 18.4 Å². The van der Waals surface area contributed by atoms with Crippen molar-refractivity contribution in [3.63, 3.8) is 0 Å². The Balaban J connectivity index is 1.51. The molecule has 1 aromatic carbocycles. The first-order valence-corrected chi connectivity index (χ1v) is 10.8. The molecule has 30 heavy (non-hydrogen) atoms. The van der Waals surface area contributed by atoms with E-state index in [9.17, 15) is 9.59 Å². The van der Waals surface area contributed by atoms with Crippen molar-refractivity contribution in [3.8, 4) is 43.9 Å². The standard InChI is InChI=1S/C24H14O4S2/c25-13-15-5-11-23(29-15)21-9-7-19(27-21)17-3-1-2-4-18(17)20-8-10-22(28-20)24-12-6-16(14-26)30-24/h1-14H. The first-order valence-electron chi connectivity index (χ1n) is 9.15. The van der Waals surface area contributed by atoms with Crippen molar-refractivity contribution >= 4 is 35.2 Å². The van der Waals surface area contributed by atoms with E-state index in [-0.39, 0.29) is 0 Å². The first-order chi connectivity index (χ1) is 14.7. The van der Waals surface area contributed by atoms with Crippen molar-refractivity contribution in [2.45, 2.75) is 0 Å². The molecule has 0 bridgehead atoms. The number of carbonyl (C=O) groups is 2. The molecule has 0 atom stereocenters. The van der Waals surface area contributed by atoms with E-state index in [2.05, 4.69) is 0 Å². The summed E-state index contributed by atoms with van der Waals surface area (Å²) in [6.45, 7) is 0. The van der Waals surface area contributed by atoms with E-state index in [4.69, 9.17) is 8.83 Å². The predicted octanol–water partition coefficient (Wildman–Crippen LogP) is 7.29. The number of furan rings is 2. The minimum atomic E-state index is 0.665. The lowest BCUT2D eigenvalue weighted by Gasteiger charge is -2.05. The Hall–Kier alpha value is -3.48. The number of aldehydes is 2. The number of benzene rings is 1. The summed E-state index contributed by atoms with van der Waals surface area (Å²) in [6.07, 6.45) is 1.68. The monoisotopic (exact) mass is 430 g/mol. The largest absolute Gasteiger partial charge is 0.455 e. The summed E-state index contributed by atoms with van der Waals surface area (Å²) in [6, 6.07) is 22.9. The van der Waals surface area contributed by atoms with Crippen molar-refractivity contribution in [1.82, 2.24) is 0 Å². The van der Waals surface area contributed by atoms with Gasteiger partial charge in [0.05, 0.1) is 19.5 Å². The van der Waals surface area contributed by atoms with Crippen LogP contribution in [0.5, 0.6) is 0 Å². The molecule has 5 rings (SSSR count). The zero-order valence-electron chi connectivity index (χ0n) is 15.5. The van der Waals surface area contributed by atoms with Crippen LogP contribution < -0.4 is 0 Å². The van der Waals surface area contributed by atoms with Gasteiger partial charge in [-0.1, -0.05) is 24.3 Å². The number of hydrogen-bond acceptors (Lipinski definition) is 6. The Morgan fingerprint density at radius 3 is 1.37 bits per heavy atom. The maximum absolute atomic E-state index is 11.0. The van der Waals surface area contributed by atoms with Crippen molar-refractivity contribution in [1.29, 1.82) is 0 Å². The molecule has 0 radical (unpaired) electrons. The van der Waals surface area contributed by atoms with Gasteiger partial charge in [0.25, 0.3) is 0 Å².